The highest BCUT2D eigenvalue weighted by Gasteiger charge is 2.17. The van der Waals surface area contributed by atoms with Gasteiger partial charge in [0, 0.05) is 22.8 Å². The van der Waals surface area contributed by atoms with E-state index in [1.165, 1.54) is 35.0 Å². The number of fused-ring (bicyclic) bond motifs is 2. The van der Waals surface area contributed by atoms with Crippen LogP contribution in [0.25, 0.3) is 27.7 Å². The number of aromatic nitrogens is 5. The highest BCUT2D eigenvalue weighted by Crippen LogP contribution is 2.31. The number of aryl methyl sites for hydroxylation is 2. The van der Waals surface area contributed by atoms with Gasteiger partial charge in [0.25, 0.3) is 0 Å². The van der Waals surface area contributed by atoms with Crippen molar-refractivity contribution in [1.82, 2.24) is 30.1 Å². The Morgan fingerprint density at radius 2 is 1.96 bits per heavy atom. The summed E-state index contributed by atoms with van der Waals surface area (Å²) >= 11 is 0. The van der Waals surface area contributed by atoms with E-state index in [2.05, 4.69) is 57.6 Å². The third-order valence-electron chi connectivity index (χ3n) is 5.80. The predicted octanol–water partition coefficient (Wildman–Crippen LogP) is 3.43. The van der Waals surface area contributed by atoms with Crippen molar-refractivity contribution < 1.29 is 0 Å². The molecule has 1 aromatic carbocycles. The Labute approximate surface area is 158 Å². The number of H-pyrrole nitrogens is 1. The van der Waals surface area contributed by atoms with Crippen LogP contribution in [0.5, 0.6) is 0 Å². The van der Waals surface area contributed by atoms with Crippen LogP contribution < -0.4 is 5.32 Å². The molecule has 27 heavy (non-hydrogen) atoms. The predicted molar refractivity (Wildman–Crippen MR) is 107 cm³/mol. The maximum atomic E-state index is 4.61. The molecule has 0 unspecified atom stereocenters. The average molecular weight is 360 g/mol. The lowest BCUT2D eigenvalue weighted by Crippen LogP contribution is -2.28. The van der Waals surface area contributed by atoms with Gasteiger partial charge >= 0.3 is 0 Å². The van der Waals surface area contributed by atoms with Gasteiger partial charge in [0.1, 0.15) is 6.33 Å². The zero-order valence-electron chi connectivity index (χ0n) is 15.8. The maximum Gasteiger partial charge on any atom is 0.158 e. The lowest BCUT2D eigenvalue weighted by molar-refractivity contribution is 0.370. The molecule has 3 aromatic heterocycles. The number of hydrogen-bond acceptors (Lipinski definition) is 4. The Morgan fingerprint density at radius 3 is 2.81 bits per heavy atom. The molecule has 0 saturated carbocycles. The molecule has 0 amide bonds. The molecule has 1 aliphatic rings. The molecule has 6 nitrogen and oxygen atoms in total. The molecule has 5 rings (SSSR count). The van der Waals surface area contributed by atoms with Gasteiger partial charge in [0.05, 0.1) is 5.52 Å². The van der Waals surface area contributed by atoms with Crippen molar-refractivity contribution >= 4 is 16.6 Å². The Kier molecular flexibility index (Phi) is 3.93. The minimum Gasteiger partial charge on any atom is -0.317 e. The van der Waals surface area contributed by atoms with E-state index in [0.29, 0.717) is 0 Å². The molecule has 0 spiro atoms. The van der Waals surface area contributed by atoms with Crippen LogP contribution in [0.15, 0.2) is 30.7 Å². The zero-order chi connectivity index (χ0) is 18.4. The summed E-state index contributed by atoms with van der Waals surface area (Å²) in [7, 11) is 0. The molecule has 138 valence electrons. The van der Waals surface area contributed by atoms with Crippen LogP contribution in [0.1, 0.15) is 29.7 Å². The van der Waals surface area contributed by atoms with Crippen molar-refractivity contribution in [2.24, 2.45) is 5.92 Å². The molecule has 6 heteroatoms. The number of nitrogens with zero attached hydrogens (tertiary/aromatic N) is 4. The minimum absolute atomic E-state index is 0.743. The fraction of sp³-hybridized carbons (Fsp3) is 0.381. The molecule has 0 radical (unpaired) electrons. The van der Waals surface area contributed by atoms with Crippen molar-refractivity contribution in [2.45, 2.75) is 33.1 Å². The van der Waals surface area contributed by atoms with E-state index in [4.69, 9.17) is 0 Å². The van der Waals surface area contributed by atoms with E-state index in [0.717, 1.165) is 47.7 Å². The van der Waals surface area contributed by atoms with E-state index in [1.807, 2.05) is 10.7 Å². The van der Waals surface area contributed by atoms with Gasteiger partial charge in [0.2, 0.25) is 0 Å². The zero-order valence-corrected chi connectivity index (χ0v) is 15.8. The summed E-state index contributed by atoms with van der Waals surface area (Å²) in [5.41, 5.74) is 7.94. The Hall–Kier alpha value is -2.73. The standard InChI is InChI=1S/C21H24N6/c1-13-8-18-19(9-15-3-5-22-6-4-15)25-26-20(18)10-17(13)16-7-14(2)21-23-12-24-27(21)11-16/h7-8,10-12,15,22H,3-6,9H2,1-2H3,(H,25,26). The summed E-state index contributed by atoms with van der Waals surface area (Å²) in [6.07, 6.45) is 7.22. The van der Waals surface area contributed by atoms with Gasteiger partial charge in [-0.3, -0.25) is 5.10 Å². The fourth-order valence-electron chi connectivity index (χ4n) is 4.30. The summed E-state index contributed by atoms with van der Waals surface area (Å²) in [6, 6.07) is 6.66. The quantitative estimate of drug-likeness (QED) is 0.587. The fourth-order valence-corrected chi connectivity index (χ4v) is 4.30. The first-order valence-corrected chi connectivity index (χ1v) is 9.68. The molecule has 2 N–H and O–H groups in total. The molecule has 0 bridgehead atoms. The van der Waals surface area contributed by atoms with Gasteiger partial charge in [-0.2, -0.15) is 10.2 Å². The number of benzene rings is 1. The Balaban J connectivity index is 1.54. The van der Waals surface area contributed by atoms with Crippen LogP contribution in [0.3, 0.4) is 0 Å². The summed E-state index contributed by atoms with van der Waals surface area (Å²) in [6.45, 7) is 6.51. The molecule has 0 aliphatic carbocycles. The Morgan fingerprint density at radius 1 is 1.11 bits per heavy atom. The van der Waals surface area contributed by atoms with E-state index in [-0.39, 0.29) is 0 Å². The monoisotopic (exact) mass is 360 g/mol. The number of aromatic amines is 1. The molecular weight excluding hydrogens is 336 g/mol. The topological polar surface area (TPSA) is 70.9 Å². The highest BCUT2D eigenvalue weighted by atomic mass is 15.3. The van der Waals surface area contributed by atoms with Crippen LogP contribution in [0.4, 0.5) is 0 Å². The molecule has 1 aliphatic heterocycles. The van der Waals surface area contributed by atoms with Crippen molar-refractivity contribution in [3.05, 3.63) is 47.5 Å². The first kappa shape index (κ1) is 16.4. The van der Waals surface area contributed by atoms with E-state index in [9.17, 15) is 0 Å². The van der Waals surface area contributed by atoms with Gasteiger partial charge < -0.3 is 5.32 Å². The van der Waals surface area contributed by atoms with E-state index < -0.39 is 0 Å². The first-order chi connectivity index (χ1) is 13.2. The van der Waals surface area contributed by atoms with Crippen molar-refractivity contribution in [3.63, 3.8) is 0 Å². The third kappa shape index (κ3) is 2.90. The number of rotatable bonds is 3. The van der Waals surface area contributed by atoms with Crippen LogP contribution in [0, 0.1) is 19.8 Å². The van der Waals surface area contributed by atoms with Crippen LogP contribution in [0.2, 0.25) is 0 Å². The molecular formula is C21H24N6. The van der Waals surface area contributed by atoms with Crippen LogP contribution in [-0.2, 0) is 6.42 Å². The second-order valence-electron chi connectivity index (χ2n) is 7.72. The van der Waals surface area contributed by atoms with Crippen molar-refractivity contribution in [1.29, 1.82) is 0 Å². The Bertz CT molecular complexity index is 1120. The second kappa shape index (κ2) is 6.46. The van der Waals surface area contributed by atoms with E-state index in [1.54, 1.807) is 6.33 Å². The smallest absolute Gasteiger partial charge is 0.158 e. The number of nitrogens with one attached hydrogen (secondary N) is 2. The summed E-state index contributed by atoms with van der Waals surface area (Å²) in [5, 5.41) is 16.9. The average Bonchev–Trinajstić information content (AvgIpc) is 3.29. The molecule has 4 aromatic rings. The minimum atomic E-state index is 0.743. The first-order valence-electron chi connectivity index (χ1n) is 9.68. The largest absolute Gasteiger partial charge is 0.317 e. The van der Waals surface area contributed by atoms with Crippen molar-refractivity contribution in [3.8, 4) is 11.1 Å². The summed E-state index contributed by atoms with van der Waals surface area (Å²) in [5.74, 6) is 0.743. The maximum absolute atomic E-state index is 4.61. The molecule has 0 atom stereocenters. The van der Waals surface area contributed by atoms with Crippen LogP contribution >= 0.6 is 0 Å². The van der Waals surface area contributed by atoms with Gasteiger partial charge in [-0.1, -0.05) is 0 Å². The van der Waals surface area contributed by atoms with Gasteiger partial charge in [-0.05, 0) is 87.0 Å². The van der Waals surface area contributed by atoms with E-state index >= 15 is 0 Å². The lowest BCUT2D eigenvalue weighted by Gasteiger charge is -2.22. The molecule has 1 saturated heterocycles. The van der Waals surface area contributed by atoms with Crippen LogP contribution in [-0.4, -0.2) is 37.9 Å². The third-order valence-corrected chi connectivity index (χ3v) is 5.80. The number of pyridine rings is 1. The normalized spacial score (nSPS) is 15.8. The van der Waals surface area contributed by atoms with Crippen molar-refractivity contribution in [2.75, 3.05) is 13.1 Å². The highest BCUT2D eigenvalue weighted by molar-refractivity contribution is 5.88. The SMILES string of the molecule is Cc1cc2c(CC3CCNCC3)[nH]nc2cc1-c1cc(C)c2ncnn2c1. The summed E-state index contributed by atoms with van der Waals surface area (Å²) in [4.78, 5) is 4.31. The summed E-state index contributed by atoms with van der Waals surface area (Å²) < 4.78 is 1.85. The molecule has 1 fully saturated rings. The van der Waals surface area contributed by atoms with Gasteiger partial charge in [-0.25, -0.2) is 9.50 Å². The number of hydrogen-bond donors (Lipinski definition) is 2. The number of piperidine rings is 1. The molecule has 4 heterocycles. The van der Waals surface area contributed by atoms with Gasteiger partial charge in [-0.15, -0.1) is 0 Å². The second-order valence-corrected chi connectivity index (χ2v) is 7.72. The lowest BCUT2D eigenvalue weighted by atomic mass is 9.91. The van der Waals surface area contributed by atoms with Gasteiger partial charge in [0.15, 0.2) is 5.65 Å².